The van der Waals surface area contributed by atoms with Gasteiger partial charge in [0.05, 0.1) is 30.7 Å². The number of thioether (sulfide) groups is 1. The zero-order valence-corrected chi connectivity index (χ0v) is 17.4. The second-order valence-corrected chi connectivity index (χ2v) is 10.2. The van der Waals surface area contributed by atoms with Gasteiger partial charge in [0, 0.05) is 28.1 Å². The van der Waals surface area contributed by atoms with E-state index < -0.39 is 9.84 Å². The molecule has 2 aromatic rings. The summed E-state index contributed by atoms with van der Waals surface area (Å²) in [6.45, 7) is 0. The van der Waals surface area contributed by atoms with Gasteiger partial charge in [0.25, 0.3) is 0 Å². The number of ether oxygens (including phenoxy) is 1. The topological polar surface area (TPSA) is 59.0 Å². The van der Waals surface area contributed by atoms with Crippen LogP contribution in [0, 0.1) is 5.82 Å². The highest BCUT2D eigenvalue weighted by Gasteiger charge is 2.47. The highest BCUT2D eigenvalue weighted by Crippen LogP contribution is 2.37. The minimum absolute atomic E-state index is 0.0304. The predicted octanol–water partition coefficient (Wildman–Crippen LogP) is 3.76. The number of anilines is 1. The molecule has 2 atom stereocenters. The van der Waals surface area contributed by atoms with Crippen LogP contribution in [0.1, 0.15) is 5.56 Å². The summed E-state index contributed by atoms with van der Waals surface area (Å²) >= 11 is 7.49. The first-order chi connectivity index (χ1) is 13.4. The van der Waals surface area contributed by atoms with Crippen molar-refractivity contribution in [3.63, 3.8) is 0 Å². The maximum absolute atomic E-state index is 14.1. The first kappa shape index (κ1) is 19.5. The predicted molar refractivity (Wildman–Crippen MR) is 112 cm³/mol. The Labute approximate surface area is 172 Å². The van der Waals surface area contributed by atoms with Gasteiger partial charge in [-0.1, -0.05) is 35.5 Å². The van der Waals surface area contributed by atoms with Crippen molar-refractivity contribution in [1.29, 1.82) is 0 Å². The number of sulfone groups is 1. The molecule has 2 aliphatic rings. The van der Waals surface area contributed by atoms with Crippen LogP contribution in [0.3, 0.4) is 0 Å². The van der Waals surface area contributed by atoms with E-state index in [2.05, 4.69) is 4.99 Å². The smallest absolute Gasteiger partial charge is 0.164 e. The molecule has 0 spiro atoms. The Hall–Kier alpha value is -1.77. The molecule has 0 bridgehead atoms. The number of fused-ring (bicyclic) bond motifs is 1. The standard InChI is InChI=1S/C19H18ClFN2O3S2/c1-26-13-5-2-4-12(8-13)23-18-11-28(24,25)10-17(18)22-19(23)27-9-14-15(20)6-3-7-16(14)21/h2-8,17-18H,9-11H2,1H3/t17-,18+/m0/s1. The Morgan fingerprint density at radius 3 is 2.82 bits per heavy atom. The average molecular weight is 441 g/mol. The van der Waals surface area contributed by atoms with E-state index in [1.165, 1.54) is 17.8 Å². The van der Waals surface area contributed by atoms with Crippen LogP contribution in [0.15, 0.2) is 47.5 Å². The number of aliphatic imine (C=N–C) groups is 1. The molecular weight excluding hydrogens is 423 g/mol. The fraction of sp³-hybridized carbons (Fsp3) is 0.316. The number of nitrogens with zero attached hydrogens (tertiary/aromatic N) is 2. The summed E-state index contributed by atoms with van der Waals surface area (Å²) < 4.78 is 43.7. The number of halogens is 2. The van der Waals surface area contributed by atoms with E-state index in [0.29, 0.717) is 27.3 Å². The summed E-state index contributed by atoms with van der Waals surface area (Å²) in [5.74, 6) is 0.681. The van der Waals surface area contributed by atoms with Gasteiger partial charge in [-0.2, -0.15) is 0 Å². The van der Waals surface area contributed by atoms with Gasteiger partial charge in [0.2, 0.25) is 0 Å². The normalized spacial score (nSPS) is 22.8. The van der Waals surface area contributed by atoms with Crippen molar-refractivity contribution in [2.45, 2.75) is 17.8 Å². The summed E-state index contributed by atoms with van der Waals surface area (Å²) in [4.78, 5) is 6.58. The van der Waals surface area contributed by atoms with E-state index in [4.69, 9.17) is 16.3 Å². The molecule has 2 aromatic carbocycles. The Balaban J connectivity index is 1.65. The van der Waals surface area contributed by atoms with Gasteiger partial charge in [-0.3, -0.25) is 4.99 Å². The van der Waals surface area contributed by atoms with Crippen LogP contribution in [-0.4, -0.2) is 44.3 Å². The molecule has 148 valence electrons. The van der Waals surface area contributed by atoms with E-state index in [9.17, 15) is 12.8 Å². The second kappa shape index (κ2) is 7.57. The van der Waals surface area contributed by atoms with Crippen molar-refractivity contribution in [1.82, 2.24) is 0 Å². The summed E-state index contributed by atoms with van der Waals surface area (Å²) in [5, 5.41) is 1.03. The molecule has 2 aliphatic heterocycles. The molecule has 0 N–H and O–H groups in total. The molecule has 0 saturated carbocycles. The monoisotopic (exact) mass is 440 g/mol. The Morgan fingerprint density at radius 1 is 1.29 bits per heavy atom. The fourth-order valence-corrected chi connectivity index (χ4v) is 6.81. The van der Waals surface area contributed by atoms with Gasteiger partial charge in [-0.15, -0.1) is 0 Å². The first-order valence-electron chi connectivity index (χ1n) is 8.65. The third kappa shape index (κ3) is 3.73. The van der Waals surface area contributed by atoms with Crippen molar-refractivity contribution in [2.24, 2.45) is 4.99 Å². The molecule has 5 nitrogen and oxygen atoms in total. The number of methoxy groups -OCH3 is 1. The average Bonchev–Trinajstić information content (AvgIpc) is 3.12. The Bertz CT molecular complexity index is 1020. The van der Waals surface area contributed by atoms with Crippen molar-refractivity contribution in [3.8, 4) is 5.75 Å². The van der Waals surface area contributed by atoms with Gasteiger partial charge >= 0.3 is 0 Å². The van der Waals surface area contributed by atoms with Crippen molar-refractivity contribution in [3.05, 3.63) is 58.9 Å². The molecule has 0 radical (unpaired) electrons. The third-order valence-electron chi connectivity index (χ3n) is 4.85. The third-order valence-corrected chi connectivity index (χ3v) is 7.89. The Morgan fingerprint density at radius 2 is 2.07 bits per heavy atom. The van der Waals surface area contributed by atoms with Gasteiger partial charge in [-0.05, 0) is 24.3 Å². The van der Waals surface area contributed by atoms with Crippen LogP contribution in [0.4, 0.5) is 10.1 Å². The molecule has 0 aromatic heterocycles. The summed E-state index contributed by atoms with van der Waals surface area (Å²) in [7, 11) is -1.56. The quantitative estimate of drug-likeness (QED) is 0.724. The maximum atomic E-state index is 14.1. The van der Waals surface area contributed by atoms with Crippen LogP contribution >= 0.6 is 23.4 Å². The Kier molecular flexibility index (Phi) is 5.28. The van der Waals surface area contributed by atoms with Crippen LogP contribution in [0.5, 0.6) is 5.75 Å². The molecule has 9 heteroatoms. The van der Waals surface area contributed by atoms with Crippen molar-refractivity contribution >= 4 is 44.1 Å². The zero-order chi connectivity index (χ0) is 19.9. The molecule has 1 saturated heterocycles. The van der Waals surface area contributed by atoms with Crippen LogP contribution < -0.4 is 9.64 Å². The SMILES string of the molecule is COc1cccc(N2C(SCc3c(F)cccc3Cl)=N[C@H]3CS(=O)(=O)C[C@H]32)c1. The summed E-state index contributed by atoms with van der Waals surface area (Å²) in [6.07, 6.45) is 0. The van der Waals surface area contributed by atoms with Gasteiger partial charge in [0.15, 0.2) is 15.0 Å². The van der Waals surface area contributed by atoms with E-state index in [0.717, 1.165) is 5.69 Å². The number of hydrogen-bond donors (Lipinski definition) is 0. The lowest BCUT2D eigenvalue weighted by atomic mass is 10.1. The number of amidine groups is 1. The lowest BCUT2D eigenvalue weighted by Crippen LogP contribution is -2.39. The van der Waals surface area contributed by atoms with Crippen LogP contribution in [0.2, 0.25) is 5.02 Å². The van der Waals surface area contributed by atoms with Gasteiger partial charge < -0.3 is 9.64 Å². The molecule has 0 unspecified atom stereocenters. The van der Waals surface area contributed by atoms with E-state index in [1.54, 1.807) is 19.2 Å². The number of rotatable bonds is 4. The van der Waals surface area contributed by atoms with Gasteiger partial charge in [0.1, 0.15) is 11.6 Å². The molecular formula is C19H18ClFN2O3S2. The number of benzene rings is 2. The molecule has 0 amide bonds. The molecule has 4 rings (SSSR count). The molecule has 0 aliphatic carbocycles. The van der Waals surface area contributed by atoms with Gasteiger partial charge in [-0.25, -0.2) is 12.8 Å². The van der Waals surface area contributed by atoms with E-state index in [-0.39, 0.29) is 29.4 Å². The minimum atomic E-state index is -3.14. The van der Waals surface area contributed by atoms with E-state index >= 15 is 0 Å². The second-order valence-electron chi connectivity index (χ2n) is 6.68. The van der Waals surface area contributed by atoms with Crippen molar-refractivity contribution in [2.75, 3.05) is 23.5 Å². The van der Waals surface area contributed by atoms with E-state index in [1.807, 2.05) is 29.2 Å². The summed E-state index contributed by atoms with van der Waals surface area (Å²) in [6, 6.07) is 11.4. The fourth-order valence-electron chi connectivity index (χ4n) is 3.50. The zero-order valence-electron chi connectivity index (χ0n) is 15.0. The lowest BCUT2D eigenvalue weighted by molar-refractivity contribution is 0.415. The number of hydrogen-bond acceptors (Lipinski definition) is 6. The highest BCUT2D eigenvalue weighted by molar-refractivity contribution is 8.13. The molecule has 2 heterocycles. The molecule has 1 fully saturated rings. The maximum Gasteiger partial charge on any atom is 0.164 e. The highest BCUT2D eigenvalue weighted by atomic mass is 35.5. The molecule has 28 heavy (non-hydrogen) atoms. The minimum Gasteiger partial charge on any atom is -0.497 e. The van der Waals surface area contributed by atoms with Crippen molar-refractivity contribution < 1.29 is 17.5 Å². The summed E-state index contributed by atoms with van der Waals surface area (Å²) in [5.41, 5.74) is 1.21. The largest absolute Gasteiger partial charge is 0.497 e. The first-order valence-corrected chi connectivity index (χ1v) is 11.8. The van der Waals surface area contributed by atoms with Crippen LogP contribution in [0.25, 0.3) is 0 Å². The lowest BCUT2D eigenvalue weighted by Gasteiger charge is -2.26. The van der Waals surface area contributed by atoms with Crippen LogP contribution in [-0.2, 0) is 15.6 Å².